The molecule has 0 saturated heterocycles. The molecule has 0 radical (unpaired) electrons. The maximum Gasteiger partial charge on any atom is 0.337 e. The number of non-ortho nitro benzene ring substituents is 1. The Kier molecular flexibility index (Phi) is 4.44. The first-order chi connectivity index (χ1) is 9.88. The summed E-state index contributed by atoms with van der Waals surface area (Å²) in [6.07, 6.45) is 0. The zero-order valence-electron chi connectivity index (χ0n) is 10.2. The van der Waals surface area contributed by atoms with Crippen molar-refractivity contribution < 1.29 is 19.2 Å². The summed E-state index contributed by atoms with van der Waals surface area (Å²) in [6, 6.07) is 7.40. The molecule has 0 aliphatic carbocycles. The molecule has 5 nitrogen and oxygen atoms in total. The van der Waals surface area contributed by atoms with Crippen LogP contribution in [0.1, 0.15) is 10.4 Å². The number of carboxylic acids is 1. The standard InChI is InChI=1S/C13H7ClFNO4S/c14-11-6-8(16(19)20)5-10(13(17)18)12(11)21-9-3-1-7(15)2-4-9/h1-6H,(H,17,18). The van der Waals surface area contributed by atoms with E-state index in [-0.39, 0.29) is 15.5 Å². The molecule has 0 heterocycles. The zero-order valence-corrected chi connectivity index (χ0v) is 11.8. The Hall–Kier alpha value is -2.12. The van der Waals surface area contributed by atoms with Crippen LogP contribution in [0.3, 0.4) is 0 Å². The van der Waals surface area contributed by atoms with Gasteiger partial charge in [-0.3, -0.25) is 10.1 Å². The van der Waals surface area contributed by atoms with Gasteiger partial charge in [0.05, 0.1) is 15.5 Å². The predicted octanol–water partition coefficient (Wildman–Crippen LogP) is 4.24. The van der Waals surface area contributed by atoms with E-state index in [1.54, 1.807) is 0 Å². The van der Waals surface area contributed by atoms with E-state index in [9.17, 15) is 19.3 Å². The predicted molar refractivity (Wildman–Crippen MR) is 75.6 cm³/mol. The van der Waals surface area contributed by atoms with Crippen molar-refractivity contribution in [1.29, 1.82) is 0 Å². The fourth-order valence-electron chi connectivity index (χ4n) is 1.57. The maximum atomic E-state index is 12.8. The van der Waals surface area contributed by atoms with Gasteiger partial charge in [0.15, 0.2) is 0 Å². The van der Waals surface area contributed by atoms with Gasteiger partial charge < -0.3 is 5.11 Å². The third kappa shape index (κ3) is 3.50. The van der Waals surface area contributed by atoms with Crippen molar-refractivity contribution >= 4 is 35.0 Å². The summed E-state index contributed by atoms with van der Waals surface area (Å²) in [5, 5.41) is 19.9. The van der Waals surface area contributed by atoms with Crippen LogP contribution in [-0.4, -0.2) is 16.0 Å². The zero-order chi connectivity index (χ0) is 15.6. The second-order valence-corrected chi connectivity index (χ2v) is 5.41. The second kappa shape index (κ2) is 6.11. The van der Waals surface area contributed by atoms with Crippen LogP contribution in [0, 0.1) is 15.9 Å². The lowest BCUT2D eigenvalue weighted by Gasteiger charge is -2.08. The molecule has 0 aliphatic heterocycles. The van der Waals surface area contributed by atoms with Crippen molar-refractivity contribution in [3.8, 4) is 0 Å². The Bertz CT molecular complexity index is 721. The van der Waals surface area contributed by atoms with E-state index in [0.29, 0.717) is 4.90 Å². The Morgan fingerprint density at radius 2 is 1.90 bits per heavy atom. The number of aromatic carboxylic acids is 1. The lowest BCUT2D eigenvalue weighted by atomic mass is 10.2. The van der Waals surface area contributed by atoms with Crippen LogP contribution in [-0.2, 0) is 0 Å². The molecule has 0 aromatic heterocycles. The van der Waals surface area contributed by atoms with Crippen LogP contribution in [0.25, 0.3) is 0 Å². The van der Waals surface area contributed by atoms with Crippen molar-refractivity contribution in [3.63, 3.8) is 0 Å². The molecule has 1 N–H and O–H groups in total. The highest BCUT2D eigenvalue weighted by Crippen LogP contribution is 2.38. The topological polar surface area (TPSA) is 80.4 Å². The number of nitro benzene ring substituents is 1. The van der Waals surface area contributed by atoms with Crippen LogP contribution >= 0.6 is 23.4 Å². The fraction of sp³-hybridized carbons (Fsp3) is 0. The average Bonchev–Trinajstić information content (AvgIpc) is 2.42. The summed E-state index contributed by atoms with van der Waals surface area (Å²) in [5.41, 5.74) is -0.676. The molecular formula is C13H7ClFNO4S. The Morgan fingerprint density at radius 3 is 2.43 bits per heavy atom. The van der Waals surface area contributed by atoms with Gasteiger partial charge in [-0.05, 0) is 24.3 Å². The van der Waals surface area contributed by atoms with E-state index in [0.717, 1.165) is 23.9 Å². The van der Waals surface area contributed by atoms with E-state index in [1.807, 2.05) is 0 Å². The second-order valence-electron chi connectivity index (χ2n) is 3.92. The summed E-state index contributed by atoms with van der Waals surface area (Å²) < 4.78 is 12.8. The molecule has 2 aromatic rings. The van der Waals surface area contributed by atoms with E-state index in [4.69, 9.17) is 16.7 Å². The summed E-state index contributed by atoms with van der Waals surface area (Å²) in [6.45, 7) is 0. The van der Waals surface area contributed by atoms with Gasteiger partial charge in [-0.2, -0.15) is 0 Å². The summed E-state index contributed by atoms with van der Waals surface area (Å²) >= 11 is 6.94. The lowest BCUT2D eigenvalue weighted by molar-refractivity contribution is -0.384. The fourth-order valence-corrected chi connectivity index (χ4v) is 2.82. The van der Waals surface area contributed by atoms with Gasteiger partial charge in [-0.15, -0.1) is 0 Å². The molecule has 0 unspecified atom stereocenters. The summed E-state index contributed by atoms with van der Waals surface area (Å²) in [4.78, 5) is 22.0. The highest BCUT2D eigenvalue weighted by molar-refractivity contribution is 7.99. The van der Waals surface area contributed by atoms with Gasteiger partial charge in [0.2, 0.25) is 0 Å². The molecule has 0 atom stereocenters. The Balaban J connectivity index is 2.49. The van der Waals surface area contributed by atoms with Crippen LogP contribution in [0.4, 0.5) is 10.1 Å². The van der Waals surface area contributed by atoms with Crippen molar-refractivity contribution in [2.24, 2.45) is 0 Å². The van der Waals surface area contributed by atoms with Crippen molar-refractivity contribution in [1.82, 2.24) is 0 Å². The maximum absolute atomic E-state index is 12.8. The quantitative estimate of drug-likeness (QED) is 0.671. The third-order valence-corrected chi connectivity index (χ3v) is 4.07. The molecule has 0 aliphatic rings. The monoisotopic (exact) mass is 327 g/mol. The summed E-state index contributed by atoms with van der Waals surface area (Å²) in [7, 11) is 0. The molecule has 2 rings (SSSR count). The molecule has 0 bridgehead atoms. The number of rotatable bonds is 4. The van der Waals surface area contributed by atoms with Crippen molar-refractivity contribution in [3.05, 3.63) is 62.9 Å². The van der Waals surface area contributed by atoms with Gasteiger partial charge in [0.25, 0.3) is 5.69 Å². The first kappa shape index (κ1) is 15.3. The van der Waals surface area contributed by atoms with Crippen LogP contribution in [0.15, 0.2) is 46.2 Å². The number of benzene rings is 2. The number of carbonyl (C=O) groups is 1. The highest BCUT2D eigenvalue weighted by Gasteiger charge is 2.20. The molecule has 0 amide bonds. The lowest BCUT2D eigenvalue weighted by Crippen LogP contribution is -2.01. The normalized spacial score (nSPS) is 10.4. The number of nitro groups is 1. The van der Waals surface area contributed by atoms with Gasteiger partial charge in [-0.1, -0.05) is 23.4 Å². The van der Waals surface area contributed by atoms with E-state index in [2.05, 4.69) is 0 Å². The van der Waals surface area contributed by atoms with E-state index in [1.165, 1.54) is 24.3 Å². The number of carboxylic acid groups (broad SMARTS) is 1. The smallest absolute Gasteiger partial charge is 0.337 e. The van der Waals surface area contributed by atoms with Crippen LogP contribution in [0.2, 0.25) is 5.02 Å². The molecule has 2 aromatic carbocycles. The minimum absolute atomic E-state index is 0.0454. The minimum atomic E-state index is -1.33. The number of hydrogen-bond acceptors (Lipinski definition) is 4. The molecular weight excluding hydrogens is 321 g/mol. The SMILES string of the molecule is O=C(O)c1cc([N+](=O)[O-])cc(Cl)c1Sc1ccc(F)cc1. The number of hydrogen-bond donors (Lipinski definition) is 1. The van der Waals surface area contributed by atoms with E-state index >= 15 is 0 Å². The molecule has 0 fully saturated rings. The minimum Gasteiger partial charge on any atom is -0.478 e. The van der Waals surface area contributed by atoms with Gasteiger partial charge >= 0.3 is 5.97 Å². The largest absolute Gasteiger partial charge is 0.478 e. The summed E-state index contributed by atoms with van der Waals surface area (Å²) in [5.74, 6) is -1.75. The van der Waals surface area contributed by atoms with Crippen molar-refractivity contribution in [2.75, 3.05) is 0 Å². The average molecular weight is 328 g/mol. The van der Waals surface area contributed by atoms with E-state index < -0.39 is 22.4 Å². The van der Waals surface area contributed by atoms with Crippen LogP contribution < -0.4 is 0 Å². The van der Waals surface area contributed by atoms with Gasteiger partial charge in [0, 0.05) is 21.9 Å². The molecule has 8 heteroatoms. The number of halogens is 2. The first-order valence-corrected chi connectivity index (χ1v) is 6.72. The first-order valence-electron chi connectivity index (χ1n) is 5.53. The molecule has 21 heavy (non-hydrogen) atoms. The molecule has 108 valence electrons. The van der Waals surface area contributed by atoms with Crippen molar-refractivity contribution in [2.45, 2.75) is 9.79 Å². The third-order valence-electron chi connectivity index (χ3n) is 2.50. The van der Waals surface area contributed by atoms with Gasteiger partial charge in [-0.25, -0.2) is 9.18 Å². The highest BCUT2D eigenvalue weighted by atomic mass is 35.5. The molecule has 0 saturated carbocycles. The van der Waals surface area contributed by atoms with Gasteiger partial charge in [0.1, 0.15) is 5.82 Å². The number of nitrogens with zero attached hydrogens (tertiary/aromatic N) is 1. The molecule has 0 spiro atoms. The Labute approximate surface area is 127 Å². The van der Waals surface area contributed by atoms with Crippen LogP contribution in [0.5, 0.6) is 0 Å². The Morgan fingerprint density at radius 1 is 1.29 bits per heavy atom.